The second-order valence-electron chi connectivity index (χ2n) is 4.56. The van der Waals surface area contributed by atoms with Gasteiger partial charge in [-0.15, -0.1) is 0 Å². The normalized spacial score (nSPS) is 10.2. The summed E-state index contributed by atoms with van der Waals surface area (Å²) < 4.78 is 5.54. The second-order valence-corrected chi connectivity index (χ2v) is 4.56. The summed E-state index contributed by atoms with van der Waals surface area (Å²) in [6.07, 6.45) is 0. The average Bonchev–Trinajstić information content (AvgIpc) is 2.41. The standard InChI is InChI=1S/C14H14N4O3/c1-8-6-9(2)13(11(7-8)18(19)20)21-12-5-3-4-10(17-12)14(15)16/h3-7H,1-2H3,(H3,15,16). The summed E-state index contributed by atoms with van der Waals surface area (Å²) in [7, 11) is 0. The molecule has 108 valence electrons. The number of pyridine rings is 1. The van der Waals surface area contributed by atoms with Gasteiger partial charge in [0.1, 0.15) is 11.5 Å². The number of nitro groups is 1. The SMILES string of the molecule is Cc1cc(C)c(Oc2cccc(C(=N)N)n2)c([N+](=O)[O-])c1. The van der Waals surface area contributed by atoms with Crippen molar-refractivity contribution >= 4 is 11.5 Å². The Morgan fingerprint density at radius 3 is 2.71 bits per heavy atom. The van der Waals surface area contributed by atoms with Crippen LogP contribution in [0.15, 0.2) is 30.3 Å². The van der Waals surface area contributed by atoms with Crippen molar-refractivity contribution in [1.29, 1.82) is 5.41 Å². The molecule has 2 aromatic rings. The van der Waals surface area contributed by atoms with Gasteiger partial charge in [0.2, 0.25) is 11.6 Å². The molecule has 1 aromatic carbocycles. The van der Waals surface area contributed by atoms with E-state index in [-0.39, 0.29) is 28.8 Å². The smallest absolute Gasteiger partial charge is 0.312 e. The summed E-state index contributed by atoms with van der Waals surface area (Å²) in [5, 5.41) is 18.5. The molecule has 0 bridgehead atoms. The van der Waals surface area contributed by atoms with Crippen molar-refractivity contribution in [3.63, 3.8) is 0 Å². The Balaban J connectivity index is 2.46. The lowest BCUT2D eigenvalue weighted by Gasteiger charge is -2.10. The number of nitrogens with two attached hydrogens (primary N) is 1. The van der Waals surface area contributed by atoms with Crippen molar-refractivity contribution in [2.45, 2.75) is 13.8 Å². The van der Waals surface area contributed by atoms with Gasteiger partial charge in [-0.3, -0.25) is 15.5 Å². The third-order valence-corrected chi connectivity index (χ3v) is 2.80. The van der Waals surface area contributed by atoms with E-state index >= 15 is 0 Å². The quantitative estimate of drug-likeness (QED) is 0.388. The molecule has 0 unspecified atom stereocenters. The van der Waals surface area contributed by atoms with E-state index in [1.54, 1.807) is 38.1 Å². The molecule has 0 amide bonds. The Kier molecular flexibility index (Phi) is 3.84. The van der Waals surface area contributed by atoms with Crippen LogP contribution in [0.4, 0.5) is 5.69 Å². The Morgan fingerprint density at radius 2 is 2.10 bits per heavy atom. The summed E-state index contributed by atoms with van der Waals surface area (Å²) >= 11 is 0. The minimum atomic E-state index is -0.496. The molecular formula is C14H14N4O3. The highest BCUT2D eigenvalue weighted by molar-refractivity contribution is 5.93. The van der Waals surface area contributed by atoms with Crippen LogP contribution in [0.2, 0.25) is 0 Å². The first kappa shape index (κ1) is 14.4. The van der Waals surface area contributed by atoms with Gasteiger partial charge in [-0.05, 0) is 31.0 Å². The van der Waals surface area contributed by atoms with Crippen LogP contribution >= 0.6 is 0 Å². The van der Waals surface area contributed by atoms with E-state index in [4.69, 9.17) is 15.9 Å². The highest BCUT2D eigenvalue weighted by atomic mass is 16.6. The zero-order chi connectivity index (χ0) is 15.6. The number of nitrogens with one attached hydrogen (secondary N) is 1. The topological polar surface area (TPSA) is 115 Å². The number of benzene rings is 1. The van der Waals surface area contributed by atoms with Crippen LogP contribution in [-0.2, 0) is 0 Å². The Morgan fingerprint density at radius 1 is 1.38 bits per heavy atom. The van der Waals surface area contributed by atoms with E-state index in [1.165, 1.54) is 6.07 Å². The van der Waals surface area contributed by atoms with Gasteiger partial charge in [0.05, 0.1) is 4.92 Å². The molecule has 1 heterocycles. The van der Waals surface area contributed by atoms with Gasteiger partial charge in [-0.1, -0.05) is 12.1 Å². The third-order valence-electron chi connectivity index (χ3n) is 2.80. The highest BCUT2D eigenvalue weighted by Crippen LogP contribution is 2.35. The first-order chi connectivity index (χ1) is 9.88. The summed E-state index contributed by atoms with van der Waals surface area (Å²) in [5.74, 6) is 0.0899. The van der Waals surface area contributed by atoms with Gasteiger partial charge in [-0.2, -0.15) is 0 Å². The molecule has 0 aliphatic heterocycles. The van der Waals surface area contributed by atoms with Crippen LogP contribution in [0.3, 0.4) is 0 Å². The molecule has 7 nitrogen and oxygen atoms in total. The zero-order valence-electron chi connectivity index (χ0n) is 11.6. The van der Waals surface area contributed by atoms with Crippen LogP contribution in [-0.4, -0.2) is 15.7 Å². The first-order valence-corrected chi connectivity index (χ1v) is 6.13. The number of nitro benzene ring substituents is 1. The Hall–Kier alpha value is -2.96. The van der Waals surface area contributed by atoms with Gasteiger partial charge in [0, 0.05) is 12.1 Å². The first-order valence-electron chi connectivity index (χ1n) is 6.13. The minimum Gasteiger partial charge on any atom is -0.431 e. The van der Waals surface area contributed by atoms with E-state index in [0.717, 1.165) is 5.56 Å². The van der Waals surface area contributed by atoms with E-state index in [2.05, 4.69) is 4.98 Å². The van der Waals surface area contributed by atoms with Gasteiger partial charge < -0.3 is 10.5 Å². The average molecular weight is 286 g/mol. The summed E-state index contributed by atoms with van der Waals surface area (Å²) in [6, 6.07) is 7.96. The number of aromatic nitrogens is 1. The number of hydrogen-bond donors (Lipinski definition) is 2. The predicted molar refractivity (Wildman–Crippen MR) is 77.9 cm³/mol. The van der Waals surface area contributed by atoms with Gasteiger partial charge >= 0.3 is 5.69 Å². The lowest BCUT2D eigenvalue weighted by atomic mass is 10.1. The number of ether oxygens (including phenoxy) is 1. The molecule has 0 atom stereocenters. The lowest BCUT2D eigenvalue weighted by molar-refractivity contribution is -0.385. The summed E-state index contributed by atoms with van der Waals surface area (Å²) in [6.45, 7) is 3.50. The van der Waals surface area contributed by atoms with E-state index in [9.17, 15) is 10.1 Å². The van der Waals surface area contributed by atoms with Crippen molar-refractivity contribution in [3.8, 4) is 11.6 Å². The molecule has 0 radical (unpaired) electrons. The van der Waals surface area contributed by atoms with Crippen LogP contribution in [0, 0.1) is 29.4 Å². The Bertz CT molecular complexity index is 728. The fourth-order valence-corrected chi connectivity index (χ4v) is 1.93. The summed E-state index contributed by atoms with van der Waals surface area (Å²) in [5.41, 5.74) is 6.90. The third kappa shape index (κ3) is 3.14. The largest absolute Gasteiger partial charge is 0.431 e. The fraction of sp³-hybridized carbons (Fsp3) is 0.143. The number of nitrogens with zero attached hydrogens (tertiary/aromatic N) is 2. The fourth-order valence-electron chi connectivity index (χ4n) is 1.93. The molecule has 0 saturated carbocycles. The molecule has 21 heavy (non-hydrogen) atoms. The van der Waals surface area contributed by atoms with E-state index < -0.39 is 4.92 Å². The van der Waals surface area contributed by atoms with E-state index in [0.29, 0.717) is 5.56 Å². The predicted octanol–water partition coefficient (Wildman–Crippen LogP) is 2.68. The number of hydrogen-bond acceptors (Lipinski definition) is 5. The van der Waals surface area contributed by atoms with E-state index in [1.807, 2.05) is 0 Å². The molecule has 2 rings (SSSR count). The van der Waals surface area contributed by atoms with Crippen LogP contribution < -0.4 is 10.5 Å². The number of amidine groups is 1. The monoisotopic (exact) mass is 286 g/mol. The van der Waals surface area contributed by atoms with Crippen molar-refractivity contribution in [1.82, 2.24) is 4.98 Å². The van der Waals surface area contributed by atoms with Gasteiger partial charge in [-0.25, -0.2) is 4.98 Å². The maximum atomic E-state index is 11.1. The maximum Gasteiger partial charge on any atom is 0.312 e. The lowest BCUT2D eigenvalue weighted by Crippen LogP contribution is -2.13. The molecule has 7 heteroatoms. The van der Waals surface area contributed by atoms with Gasteiger partial charge in [0.15, 0.2) is 0 Å². The van der Waals surface area contributed by atoms with Crippen molar-refractivity contribution in [3.05, 3.63) is 57.3 Å². The minimum absolute atomic E-state index is 0.123. The molecule has 0 fully saturated rings. The second kappa shape index (κ2) is 5.58. The van der Waals surface area contributed by atoms with Crippen LogP contribution in [0.1, 0.15) is 16.8 Å². The van der Waals surface area contributed by atoms with Crippen LogP contribution in [0.5, 0.6) is 11.6 Å². The maximum absolute atomic E-state index is 11.1. The molecule has 1 aromatic heterocycles. The zero-order valence-corrected chi connectivity index (χ0v) is 11.6. The van der Waals surface area contributed by atoms with Crippen molar-refractivity contribution < 1.29 is 9.66 Å². The number of rotatable bonds is 4. The molecule has 0 aliphatic carbocycles. The molecule has 0 spiro atoms. The van der Waals surface area contributed by atoms with Gasteiger partial charge in [0.25, 0.3) is 0 Å². The number of nitrogen functional groups attached to an aromatic ring is 1. The Labute approximate surface area is 121 Å². The summed E-state index contributed by atoms with van der Waals surface area (Å²) in [4.78, 5) is 14.7. The van der Waals surface area contributed by atoms with Crippen molar-refractivity contribution in [2.24, 2.45) is 5.73 Å². The molecular weight excluding hydrogens is 272 g/mol. The molecule has 0 saturated heterocycles. The molecule has 0 aliphatic rings. The van der Waals surface area contributed by atoms with Crippen molar-refractivity contribution in [2.75, 3.05) is 0 Å². The van der Waals surface area contributed by atoms with Crippen LogP contribution in [0.25, 0.3) is 0 Å². The number of aryl methyl sites for hydroxylation is 2. The molecule has 3 N–H and O–H groups in total. The highest BCUT2D eigenvalue weighted by Gasteiger charge is 2.19.